The lowest BCUT2D eigenvalue weighted by atomic mass is 9.91. The molecule has 0 radical (unpaired) electrons. The summed E-state index contributed by atoms with van der Waals surface area (Å²) in [5, 5.41) is 11.6. The summed E-state index contributed by atoms with van der Waals surface area (Å²) in [4.78, 5) is 16.2. The molecule has 0 aliphatic rings. The average molecular weight is 300 g/mol. The Kier molecular flexibility index (Phi) is 3.45. The number of nitrogens with zero attached hydrogens (tertiary/aromatic N) is 1. The van der Waals surface area contributed by atoms with Crippen LogP contribution in [-0.4, -0.2) is 16.1 Å². The molecule has 0 unspecified atom stereocenters. The van der Waals surface area contributed by atoms with Gasteiger partial charge in [-0.1, -0.05) is 32.4 Å². The van der Waals surface area contributed by atoms with Gasteiger partial charge in [0.15, 0.2) is 0 Å². The molecule has 0 saturated carbocycles. The van der Waals surface area contributed by atoms with Crippen molar-refractivity contribution in [3.8, 4) is 10.8 Å². The lowest BCUT2D eigenvalue weighted by Gasteiger charge is -2.14. The number of carboxylic acid groups (broad SMARTS) is 1. The lowest BCUT2D eigenvalue weighted by molar-refractivity contribution is 0.0659. The summed E-state index contributed by atoms with van der Waals surface area (Å²) in [7, 11) is 0. The zero-order chi connectivity index (χ0) is 14.4. The summed E-state index contributed by atoms with van der Waals surface area (Å²) in [6.07, 6.45) is 0. The molecule has 0 aliphatic carbocycles. The largest absolute Gasteiger partial charge is 0.475 e. The first-order valence-corrected chi connectivity index (χ1v) is 6.96. The van der Waals surface area contributed by atoms with Crippen LogP contribution in [0.5, 0.6) is 0 Å². The van der Waals surface area contributed by atoms with E-state index in [0.717, 1.165) is 5.56 Å². The fourth-order valence-electron chi connectivity index (χ4n) is 1.64. The van der Waals surface area contributed by atoms with Gasteiger partial charge in [-0.05, 0) is 17.9 Å². The minimum absolute atomic E-state index is 0.121. The molecule has 19 heavy (non-hydrogen) atoms. The number of hydrogen-bond acceptors (Lipinski definition) is 4. The summed E-state index contributed by atoms with van der Waals surface area (Å²) in [5.74, 6) is -0.969. The highest BCUT2D eigenvalue weighted by Crippen LogP contribution is 2.38. The first-order chi connectivity index (χ1) is 8.71. The van der Waals surface area contributed by atoms with Crippen molar-refractivity contribution in [2.75, 3.05) is 0 Å². The molecular formula is C13H14ClNO3S. The predicted octanol–water partition coefficient (Wildman–Crippen LogP) is 4.36. The fraction of sp³-hybridized carbons (Fsp3) is 0.385. The van der Waals surface area contributed by atoms with E-state index in [1.54, 1.807) is 0 Å². The monoisotopic (exact) mass is 299 g/mol. The zero-order valence-corrected chi connectivity index (χ0v) is 12.6. The molecule has 2 aromatic heterocycles. The Labute approximate surface area is 120 Å². The second-order valence-corrected chi connectivity index (χ2v) is 6.57. The van der Waals surface area contributed by atoms with E-state index in [1.165, 1.54) is 11.3 Å². The molecular weight excluding hydrogens is 286 g/mol. The molecule has 0 atom stereocenters. The molecule has 0 spiro atoms. The first kappa shape index (κ1) is 14.1. The Hall–Kier alpha value is -1.33. The topological polar surface area (TPSA) is 63.3 Å². The van der Waals surface area contributed by atoms with E-state index in [2.05, 4.69) is 4.98 Å². The Balaban J connectivity index is 2.62. The number of carbonyl (C=O) groups is 1. The van der Waals surface area contributed by atoms with Gasteiger partial charge in [0.2, 0.25) is 11.7 Å². The third-order valence-electron chi connectivity index (χ3n) is 2.63. The van der Waals surface area contributed by atoms with Gasteiger partial charge in [-0.3, -0.25) is 0 Å². The fourth-order valence-corrected chi connectivity index (χ4v) is 2.84. The molecule has 0 aromatic carbocycles. The van der Waals surface area contributed by atoms with E-state index < -0.39 is 11.4 Å². The number of thiophene rings is 1. The van der Waals surface area contributed by atoms with Crippen molar-refractivity contribution in [3.05, 3.63) is 27.4 Å². The highest BCUT2D eigenvalue weighted by atomic mass is 35.5. The van der Waals surface area contributed by atoms with Gasteiger partial charge >= 0.3 is 5.97 Å². The smallest absolute Gasteiger partial charge is 0.373 e. The maximum absolute atomic E-state index is 11.2. The van der Waals surface area contributed by atoms with Gasteiger partial charge in [0.25, 0.3) is 0 Å². The van der Waals surface area contributed by atoms with Gasteiger partial charge in [0, 0.05) is 5.41 Å². The number of rotatable bonds is 2. The van der Waals surface area contributed by atoms with Gasteiger partial charge in [-0.2, -0.15) is 0 Å². The minimum atomic E-state index is -1.12. The molecule has 0 fully saturated rings. The number of carboxylic acids is 1. The van der Waals surface area contributed by atoms with Crippen LogP contribution < -0.4 is 0 Å². The van der Waals surface area contributed by atoms with Crippen LogP contribution in [0, 0.1) is 6.92 Å². The third kappa shape index (κ3) is 2.53. The standard InChI is InChI=1S/C13H14ClNO3S/c1-6-5-19-9(7(6)14)11-15-10(13(2,3)4)8(18-11)12(16)17/h5H,1-4H3,(H,16,17). The zero-order valence-electron chi connectivity index (χ0n) is 11.1. The summed E-state index contributed by atoms with van der Waals surface area (Å²) in [6, 6.07) is 0. The Morgan fingerprint density at radius 1 is 1.47 bits per heavy atom. The van der Waals surface area contributed by atoms with E-state index >= 15 is 0 Å². The molecule has 2 heterocycles. The van der Waals surface area contributed by atoms with E-state index in [4.69, 9.17) is 16.0 Å². The Morgan fingerprint density at radius 3 is 2.47 bits per heavy atom. The van der Waals surface area contributed by atoms with Gasteiger partial charge < -0.3 is 9.52 Å². The van der Waals surface area contributed by atoms with E-state index in [-0.39, 0.29) is 11.7 Å². The maximum Gasteiger partial charge on any atom is 0.373 e. The highest BCUT2D eigenvalue weighted by molar-refractivity contribution is 7.14. The summed E-state index contributed by atoms with van der Waals surface area (Å²) < 4.78 is 5.40. The second kappa shape index (κ2) is 4.65. The van der Waals surface area contributed by atoms with Crippen molar-refractivity contribution < 1.29 is 14.3 Å². The van der Waals surface area contributed by atoms with Crippen molar-refractivity contribution in [2.45, 2.75) is 33.1 Å². The Morgan fingerprint density at radius 2 is 2.11 bits per heavy atom. The van der Waals surface area contributed by atoms with E-state index in [9.17, 15) is 9.90 Å². The second-order valence-electron chi connectivity index (χ2n) is 5.31. The number of aromatic nitrogens is 1. The molecule has 102 valence electrons. The van der Waals surface area contributed by atoms with Gasteiger partial charge in [0.05, 0.1) is 5.02 Å². The van der Waals surface area contributed by atoms with Crippen molar-refractivity contribution in [2.24, 2.45) is 0 Å². The summed E-state index contributed by atoms with van der Waals surface area (Å²) >= 11 is 7.55. The SMILES string of the molecule is Cc1csc(-c2nc(C(C)(C)C)c(C(=O)O)o2)c1Cl. The van der Waals surface area contributed by atoms with Crippen LogP contribution in [0.2, 0.25) is 5.02 Å². The predicted molar refractivity (Wildman–Crippen MR) is 75.2 cm³/mol. The number of hydrogen-bond donors (Lipinski definition) is 1. The number of aromatic carboxylic acids is 1. The quantitative estimate of drug-likeness (QED) is 0.895. The van der Waals surface area contributed by atoms with Crippen LogP contribution in [0.4, 0.5) is 0 Å². The lowest BCUT2D eigenvalue weighted by Crippen LogP contribution is -2.16. The van der Waals surface area contributed by atoms with Crippen LogP contribution in [0.3, 0.4) is 0 Å². The Bertz CT molecular complexity index is 637. The molecule has 2 rings (SSSR count). The van der Waals surface area contributed by atoms with Crippen LogP contribution in [0.1, 0.15) is 42.6 Å². The molecule has 0 aliphatic heterocycles. The van der Waals surface area contributed by atoms with Crippen molar-refractivity contribution in [3.63, 3.8) is 0 Å². The van der Waals surface area contributed by atoms with Crippen LogP contribution in [-0.2, 0) is 5.41 Å². The first-order valence-electron chi connectivity index (χ1n) is 5.70. The van der Waals surface area contributed by atoms with Gasteiger partial charge in [0.1, 0.15) is 10.6 Å². The van der Waals surface area contributed by atoms with E-state index in [1.807, 2.05) is 33.1 Å². The molecule has 2 aromatic rings. The van der Waals surface area contributed by atoms with Gasteiger partial charge in [-0.15, -0.1) is 11.3 Å². The number of halogens is 1. The molecule has 6 heteroatoms. The molecule has 0 saturated heterocycles. The summed E-state index contributed by atoms with van der Waals surface area (Å²) in [6.45, 7) is 7.56. The average Bonchev–Trinajstić information content (AvgIpc) is 2.84. The third-order valence-corrected chi connectivity index (χ3v) is 4.31. The molecule has 4 nitrogen and oxygen atoms in total. The number of aryl methyl sites for hydroxylation is 1. The van der Waals surface area contributed by atoms with Gasteiger partial charge in [-0.25, -0.2) is 9.78 Å². The molecule has 1 N–H and O–H groups in total. The van der Waals surface area contributed by atoms with Crippen molar-refractivity contribution >= 4 is 28.9 Å². The highest BCUT2D eigenvalue weighted by Gasteiger charge is 2.30. The van der Waals surface area contributed by atoms with Crippen LogP contribution >= 0.6 is 22.9 Å². The molecule has 0 amide bonds. The van der Waals surface area contributed by atoms with E-state index in [0.29, 0.717) is 15.6 Å². The normalized spacial score (nSPS) is 11.8. The van der Waals surface area contributed by atoms with Crippen molar-refractivity contribution in [1.82, 2.24) is 4.98 Å². The van der Waals surface area contributed by atoms with Crippen LogP contribution in [0.15, 0.2) is 9.80 Å². The molecule has 0 bridgehead atoms. The van der Waals surface area contributed by atoms with Crippen molar-refractivity contribution in [1.29, 1.82) is 0 Å². The minimum Gasteiger partial charge on any atom is -0.475 e. The number of oxazole rings is 1. The maximum atomic E-state index is 11.2. The summed E-state index contributed by atoms with van der Waals surface area (Å²) in [5.41, 5.74) is 0.944. The van der Waals surface area contributed by atoms with Crippen LogP contribution in [0.25, 0.3) is 10.8 Å².